The van der Waals surface area contributed by atoms with Crippen LogP contribution >= 0.6 is 15.9 Å². The highest BCUT2D eigenvalue weighted by atomic mass is 79.9. The number of nitrogens with zero attached hydrogens (tertiary/aromatic N) is 2. The number of hydrogen-bond acceptors (Lipinski definition) is 4. The van der Waals surface area contributed by atoms with E-state index in [9.17, 15) is 0 Å². The van der Waals surface area contributed by atoms with Gasteiger partial charge in [0.1, 0.15) is 17.3 Å². The molecule has 1 heterocycles. The molecular weight excluding hydrogens is 296 g/mol. The van der Waals surface area contributed by atoms with Crippen molar-refractivity contribution < 1.29 is 4.74 Å². The fourth-order valence-corrected chi connectivity index (χ4v) is 1.72. The maximum absolute atomic E-state index is 7.37. The first-order chi connectivity index (χ1) is 8.56. The monoisotopic (exact) mass is 306 g/mol. The number of nitrogens with one attached hydrogen (secondary N) is 1. The highest BCUT2D eigenvalue weighted by molar-refractivity contribution is 9.10. The van der Waals surface area contributed by atoms with Gasteiger partial charge < -0.3 is 10.5 Å². The van der Waals surface area contributed by atoms with Gasteiger partial charge in [0.2, 0.25) is 0 Å². The van der Waals surface area contributed by atoms with Gasteiger partial charge in [0.25, 0.3) is 0 Å². The Morgan fingerprint density at radius 2 is 2.06 bits per heavy atom. The maximum atomic E-state index is 7.37. The lowest BCUT2D eigenvalue weighted by atomic mass is 10.3. The highest BCUT2D eigenvalue weighted by Gasteiger charge is 2.08. The lowest BCUT2D eigenvalue weighted by Gasteiger charge is -2.07. The van der Waals surface area contributed by atoms with Crippen LogP contribution in [-0.4, -0.2) is 15.8 Å². The van der Waals surface area contributed by atoms with Crippen molar-refractivity contribution in [1.29, 1.82) is 5.41 Å². The summed E-state index contributed by atoms with van der Waals surface area (Å²) in [5, 5.41) is 7.37. The summed E-state index contributed by atoms with van der Waals surface area (Å²) in [6.07, 6.45) is 0. The fourth-order valence-electron chi connectivity index (χ4n) is 1.35. The molecule has 92 valence electrons. The average molecular weight is 307 g/mol. The number of nitrogen functional groups attached to an aromatic ring is 1. The summed E-state index contributed by atoms with van der Waals surface area (Å²) in [6, 6.07) is 9.19. The van der Waals surface area contributed by atoms with Crippen molar-refractivity contribution in [3.63, 3.8) is 0 Å². The maximum Gasteiger partial charge on any atom is 0.322 e. The Hall–Kier alpha value is -1.95. The van der Waals surface area contributed by atoms with E-state index in [1.165, 1.54) is 0 Å². The van der Waals surface area contributed by atoms with Crippen LogP contribution in [0, 0.1) is 12.3 Å². The van der Waals surface area contributed by atoms with Gasteiger partial charge >= 0.3 is 6.01 Å². The van der Waals surface area contributed by atoms with E-state index in [1.54, 1.807) is 19.1 Å². The molecule has 0 amide bonds. The number of aryl methyl sites for hydroxylation is 1. The average Bonchev–Trinajstić information content (AvgIpc) is 2.31. The third-order valence-electron chi connectivity index (χ3n) is 2.15. The molecule has 0 radical (unpaired) electrons. The molecule has 2 rings (SSSR count). The zero-order valence-electron chi connectivity index (χ0n) is 9.64. The molecule has 0 spiro atoms. The first kappa shape index (κ1) is 12.5. The summed E-state index contributed by atoms with van der Waals surface area (Å²) >= 11 is 3.37. The van der Waals surface area contributed by atoms with Gasteiger partial charge in [-0.25, -0.2) is 4.98 Å². The van der Waals surface area contributed by atoms with E-state index in [4.69, 9.17) is 15.9 Å². The molecule has 2 aromatic rings. The molecule has 0 bridgehead atoms. The Morgan fingerprint density at radius 1 is 1.33 bits per heavy atom. The molecule has 3 N–H and O–H groups in total. The molecule has 0 aliphatic heterocycles. The molecule has 1 aromatic heterocycles. The van der Waals surface area contributed by atoms with Gasteiger partial charge in [0.15, 0.2) is 0 Å². The number of hydrogen-bond donors (Lipinski definition) is 2. The van der Waals surface area contributed by atoms with Gasteiger partial charge in [-0.3, -0.25) is 5.41 Å². The number of benzene rings is 1. The molecule has 0 saturated heterocycles. The van der Waals surface area contributed by atoms with Crippen LogP contribution in [0.2, 0.25) is 0 Å². The smallest absolute Gasteiger partial charge is 0.322 e. The van der Waals surface area contributed by atoms with Crippen LogP contribution in [0.15, 0.2) is 34.8 Å². The molecule has 18 heavy (non-hydrogen) atoms. The molecule has 6 heteroatoms. The number of aromatic nitrogens is 2. The van der Waals surface area contributed by atoms with Crippen LogP contribution in [0.1, 0.15) is 11.4 Å². The second-order valence-corrected chi connectivity index (χ2v) is 4.48. The minimum Gasteiger partial charge on any atom is -0.423 e. The summed E-state index contributed by atoms with van der Waals surface area (Å²) in [4.78, 5) is 8.21. The van der Waals surface area contributed by atoms with E-state index < -0.39 is 0 Å². The van der Waals surface area contributed by atoms with Crippen molar-refractivity contribution >= 4 is 21.8 Å². The summed E-state index contributed by atoms with van der Waals surface area (Å²) in [5.41, 5.74) is 6.45. The Balaban J connectivity index is 2.35. The second-order valence-electron chi connectivity index (χ2n) is 3.62. The van der Waals surface area contributed by atoms with Gasteiger partial charge in [0, 0.05) is 5.69 Å². The van der Waals surface area contributed by atoms with Crippen LogP contribution < -0.4 is 10.5 Å². The van der Waals surface area contributed by atoms with Crippen LogP contribution in [0.25, 0.3) is 0 Å². The van der Waals surface area contributed by atoms with Crippen LogP contribution in [-0.2, 0) is 0 Å². The van der Waals surface area contributed by atoms with Gasteiger partial charge in [0.05, 0.1) is 4.47 Å². The number of nitrogens with two attached hydrogens (primary N) is 1. The summed E-state index contributed by atoms with van der Waals surface area (Å²) < 4.78 is 6.36. The Labute approximate surface area is 113 Å². The molecule has 0 unspecified atom stereocenters. The number of halogens is 1. The van der Waals surface area contributed by atoms with Crippen LogP contribution in [0.4, 0.5) is 0 Å². The standard InChI is InChI=1S/C12H11BrN4O/c1-7-6-9(11(14)15)17-12(16-7)18-10-5-3-2-4-8(10)13/h2-6H,1H3,(H3,14,15). The molecule has 0 atom stereocenters. The lowest BCUT2D eigenvalue weighted by molar-refractivity contribution is 0.437. The summed E-state index contributed by atoms with van der Waals surface area (Å²) in [7, 11) is 0. The van der Waals surface area contributed by atoms with E-state index in [1.807, 2.05) is 18.2 Å². The van der Waals surface area contributed by atoms with Gasteiger partial charge in [-0.05, 0) is 41.1 Å². The highest BCUT2D eigenvalue weighted by Crippen LogP contribution is 2.27. The second kappa shape index (κ2) is 5.14. The van der Waals surface area contributed by atoms with Gasteiger partial charge in [-0.1, -0.05) is 12.1 Å². The minimum atomic E-state index is -0.113. The van der Waals surface area contributed by atoms with Crippen molar-refractivity contribution in [2.45, 2.75) is 6.92 Å². The molecule has 5 nitrogen and oxygen atoms in total. The van der Waals surface area contributed by atoms with Crippen LogP contribution in [0.5, 0.6) is 11.8 Å². The first-order valence-corrected chi connectivity index (χ1v) is 5.98. The quantitative estimate of drug-likeness (QED) is 0.674. The molecule has 0 aliphatic rings. The third-order valence-corrected chi connectivity index (χ3v) is 2.80. The van der Waals surface area contributed by atoms with Crippen molar-refractivity contribution in [2.24, 2.45) is 5.73 Å². The normalized spacial score (nSPS) is 10.1. The first-order valence-electron chi connectivity index (χ1n) is 5.19. The van der Waals surface area contributed by atoms with E-state index in [0.29, 0.717) is 17.1 Å². The molecular formula is C12H11BrN4O. The minimum absolute atomic E-state index is 0.113. The Kier molecular flexibility index (Phi) is 3.57. The number of rotatable bonds is 3. The largest absolute Gasteiger partial charge is 0.423 e. The number of para-hydroxylation sites is 1. The van der Waals surface area contributed by atoms with Crippen molar-refractivity contribution in [3.8, 4) is 11.8 Å². The summed E-state index contributed by atoms with van der Waals surface area (Å²) in [5.74, 6) is 0.495. The molecule has 0 saturated carbocycles. The SMILES string of the molecule is Cc1cc(C(=N)N)nc(Oc2ccccc2Br)n1. The molecule has 0 fully saturated rings. The third kappa shape index (κ3) is 2.84. The van der Waals surface area contributed by atoms with E-state index in [2.05, 4.69) is 25.9 Å². The zero-order valence-corrected chi connectivity index (χ0v) is 11.2. The number of amidine groups is 1. The fraction of sp³-hybridized carbons (Fsp3) is 0.0833. The van der Waals surface area contributed by atoms with Crippen molar-refractivity contribution in [2.75, 3.05) is 0 Å². The number of ether oxygens (including phenoxy) is 1. The van der Waals surface area contributed by atoms with Crippen LogP contribution in [0.3, 0.4) is 0 Å². The van der Waals surface area contributed by atoms with Gasteiger partial charge in [-0.2, -0.15) is 4.98 Å². The lowest BCUT2D eigenvalue weighted by Crippen LogP contribution is -2.14. The van der Waals surface area contributed by atoms with E-state index in [0.717, 1.165) is 4.47 Å². The predicted octanol–water partition coefficient (Wildman–Crippen LogP) is 2.62. The topological polar surface area (TPSA) is 84.9 Å². The Bertz CT molecular complexity index is 600. The van der Waals surface area contributed by atoms with Crippen molar-refractivity contribution in [3.05, 3.63) is 46.2 Å². The molecule has 1 aromatic carbocycles. The Morgan fingerprint density at radius 3 is 2.72 bits per heavy atom. The zero-order chi connectivity index (χ0) is 13.1. The molecule has 0 aliphatic carbocycles. The van der Waals surface area contributed by atoms with E-state index >= 15 is 0 Å². The summed E-state index contributed by atoms with van der Waals surface area (Å²) in [6.45, 7) is 1.79. The van der Waals surface area contributed by atoms with Crippen molar-refractivity contribution in [1.82, 2.24) is 9.97 Å². The predicted molar refractivity (Wildman–Crippen MR) is 72.0 cm³/mol. The van der Waals surface area contributed by atoms with Gasteiger partial charge in [-0.15, -0.1) is 0 Å². The van der Waals surface area contributed by atoms with E-state index in [-0.39, 0.29) is 11.8 Å².